The van der Waals surface area contributed by atoms with Crippen molar-refractivity contribution in [3.05, 3.63) is 69.6 Å². The first-order valence-electron chi connectivity index (χ1n) is 10.0. The van der Waals surface area contributed by atoms with Gasteiger partial charge in [-0.1, -0.05) is 55.7 Å². The standard InChI is InChI=1S/C23H25NO3S/c25-18(14-13-16-8-3-1-4-9-16)20-21(19-12-7-15-28-19)24(23(27)22(20)26)17-10-5-2-6-11-17/h1,3-4,7-9,12,15,17,21,26H,2,5-6,10-11,13-14H2. The van der Waals surface area contributed by atoms with Crippen LogP contribution in [0.4, 0.5) is 0 Å². The van der Waals surface area contributed by atoms with E-state index in [1.807, 2.05) is 47.8 Å². The lowest BCUT2D eigenvalue weighted by molar-refractivity contribution is -0.132. The van der Waals surface area contributed by atoms with E-state index in [1.54, 1.807) is 4.90 Å². The third-order valence-electron chi connectivity index (χ3n) is 5.81. The Morgan fingerprint density at radius 3 is 2.50 bits per heavy atom. The van der Waals surface area contributed by atoms with Crippen LogP contribution in [0.3, 0.4) is 0 Å². The summed E-state index contributed by atoms with van der Waals surface area (Å²) in [5.41, 5.74) is 1.37. The van der Waals surface area contributed by atoms with Gasteiger partial charge in [0.2, 0.25) is 0 Å². The number of nitrogens with zero attached hydrogens (tertiary/aromatic N) is 1. The number of ketones is 1. The van der Waals surface area contributed by atoms with Gasteiger partial charge in [0.25, 0.3) is 5.91 Å². The zero-order chi connectivity index (χ0) is 19.5. The van der Waals surface area contributed by atoms with Crippen LogP contribution in [0.2, 0.25) is 0 Å². The summed E-state index contributed by atoms with van der Waals surface area (Å²) in [5.74, 6) is -0.859. The van der Waals surface area contributed by atoms with Gasteiger partial charge in [0.1, 0.15) is 0 Å². The number of Topliss-reactive ketones (excluding diaryl/α,β-unsaturated/α-hetero) is 1. The van der Waals surface area contributed by atoms with Gasteiger partial charge < -0.3 is 10.0 Å². The fraction of sp³-hybridized carbons (Fsp3) is 0.391. The van der Waals surface area contributed by atoms with Gasteiger partial charge in [-0.05, 0) is 36.3 Å². The molecule has 1 atom stereocenters. The highest BCUT2D eigenvalue weighted by atomic mass is 32.1. The molecule has 4 nitrogen and oxygen atoms in total. The van der Waals surface area contributed by atoms with Crippen molar-refractivity contribution in [1.82, 2.24) is 4.90 Å². The molecule has 1 aliphatic heterocycles. The predicted octanol–water partition coefficient (Wildman–Crippen LogP) is 4.98. The molecule has 1 unspecified atom stereocenters. The van der Waals surface area contributed by atoms with Gasteiger partial charge in [-0.3, -0.25) is 9.59 Å². The van der Waals surface area contributed by atoms with E-state index in [-0.39, 0.29) is 35.5 Å². The molecule has 28 heavy (non-hydrogen) atoms. The molecule has 1 aromatic carbocycles. The maximum absolute atomic E-state index is 13.1. The molecule has 2 aliphatic rings. The Labute approximate surface area is 169 Å². The molecule has 1 fully saturated rings. The van der Waals surface area contributed by atoms with E-state index < -0.39 is 6.04 Å². The molecule has 1 saturated carbocycles. The second kappa shape index (κ2) is 8.31. The van der Waals surface area contributed by atoms with Gasteiger partial charge in [-0.2, -0.15) is 0 Å². The number of carbonyl (C=O) groups is 2. The quantitative estimate of drug-likeness (QED) is 0.751. The highest BCUT2D eigenvalue weighted by Crippen LogP contribution is 2.43. The van der Waals surface area contributed by atoms with Crippen LogP contribution in [0.15, 0.2) is 59.2 Å². The van der Waals surface area contributed by atoms with Crippen molar-refractivity contribution in [2.45, 2.75) is 57.0 Å². The van der Waals surface area contributed by atoms with Crippen LogP contribution in [0.25, 0.3) is 0 Å². The Bertz CT molecular complexity index is 867. The van der Waals surface area contributed by atoms with E-state index in [2.05, 4.69) is 0 Å². The lowest BCUT2D eigenvalue weighted by Gasteiger charge is -2.36. The molecule has 0 bridgehead atoms. The molecular formula is C23H25NO3S. The maximum atomic E-state index is 13.1. The molecule has 5 heteroatoms. The molecule has 1 amide bonds. The Morgan fingerprint density at radius 2 is 1.82 bits per heavy atom. The van der Waals surface area contributed by atoms with Crippen molar-refractivity contribution >= 4 is 23.0 Å². The zero-order valence-electron chi connectivity index (χ0n) is 15.8. The van der Waals surface area contributed by atoms with E-state index >= 15 is 0 Å². The van der Waals surface area contributed by atoms with Crippen LogP contribution in [0, 0.1) is 0 Å². The normalized spacial score (nSPS) is 20.8. The van der Waals surface area contributed by atoms with Gasteiger partial charge in [0.05, 0.1) is 11.6 Å². The molecule has 0 spiro atoms. The number of aliphatic hydroxyl groups excluding tert-OH is 1. The molecule has 2 aromatic rings. The summed E-state index contributed by atoms with van der Waals surface area (Å²) in [5, 5.41) is 12.6. The minimum Gasteiger partial charge on any atom is -0.503 e. The molecule has 1 aromatic heterocycles. The monoisotopic (exact) mass is 395 g/mol. The van der Waals surface area contributed by atoms with E-state index in [1.165, 1.54) is 17.8 Å². The Hall–Kier alpha value is -2.40. The summed E-state index contributed by atoms with van der Waals surface area (Å²) in [7, 11) is 0. The molecule has 2 heterocycles. The number of thiophene rings is 1. The van der Waals surface area contributed by atoms with Crippen LogP contribution in [-0.2, 0) is 16.0 Å². The average molecular weight is 396 g/mol. The molecular weight excluding hydrogens is 370 g/mol. The average Bonchev–Trinajstić information content (AvgIpc) is 3.35. The second-order valence-corrected chi connectivity index (χ2v) is 8.57. The summed E-state index contributed by atoms with van der Waals surface area (Å²) in [6.07, 6.45) is 6.12. The number of rotatable bonds is 6. The molecule has 146 valence electrons. The van der Waals surface area contributed by atoms with Crippen molar-refractivity contribution in [2.75, 3.05) is 0 Å². The molecule has 0 radical (unpaired) electrons. The Kier molecular flexibility index (Phi) is 5.62. The van der Waals surface area contributed by atoms with Gasteiger partial charge in [0.15, 0.2) is 11.5 Å². The van der Waals surface area contributed by atoms with E-state index in [4.69, 9.17) is 0 Å². The number of carbonyl (C=O) groups excluding carboxylic acids is 2. The number of hydrogen-bond acceptors (Lipinski definition) is 4. The van der Waals surface area contributed by atoms with Crippen molar-refractivity contribution < 1.29 is 14.7 Å². The lowest BCUT2D eigenvalue weighted by Crippen LogP contribution is -2.41. The van der Waals surface area contributed by atoms with Gasteiger partial charge in [-0.25, -0.2) is 0 Å². The van der Waals surface area contributed by atoms with Crippen LogP contribution < -0.4 is 0 Å². The van der Waals surface area contributed by atoms with Crippen LogP contribution >= 0.6 is 11.3 Å². The summed E-state index contributed by atoms with van der Waals surface area (Å²) >= 11 is 1.54. The van der Waals surface area contributed by atoms with E-state index in [9.17, 15) is 14.7 Å². The first-order valence-corrected chi connectivity index (χ1v) is 10.9. The minimum absolute atomic E-state index is 0.0925. The highest BCUT2D eigenvalue weighted by Gasteiger charge is 2.46. The smallest absolute Gasteiger partial charge is 0.290 e. The van der Waals surface area contributed by atoms with Crippen molar-refractivity contribution in [3.8, 4) is 0 Å². The number of amides is 1. The minimum atomic E-state index is -0.445. The van der Waals surface area contributed by atoms with Crippen LogP contribution in [0.5, 0.6) is 0 Å². The largest absolute Gasteiger partial charge is 0.503 e. The number of aliphatic hydroxyl groups is 1. The number of hydrogen-bond donors (Lipinski definition) is 1. The van der Waals surface area contributed by atoms with Crippen LogP contribution in [0.1, 0.15) is 55.0 Å². The first kappa shape index (κ1) is 18.9. The first-order chi connectivity index (χ1) is 13.7. The van der Waals surface area contributed by atoms with Gasteiger partial charge in [0, 0.05) is 17.3 Å². The zero-order valence-corrected chi connectivity index (χ0v) is 16.7. The SMILES string of the molecule is O=C(CCc1ccccc1)C1=C(O)C(=O)N(C2CCCCC2)C1c1cccs1. The van der Waals surface area contributed by atoms with E-state index in [0.29, 0.717) is 6.42 Å². The number of aryl methyl sites for hydroxylation is 1. The molecule has 4 rings (SSSR count). The fourth-order valence-corrected chi connectivity index (χ4v) is 5.24. The lowest BCUT2D eigenvalue weighted by atomic mass is 9.91. The summed E-state index contributed by atoms with van der Waals surface area (Å²) in [4.78, 5) is 28.8. The Balaban J connectivity index is 1.61. The molecule has 0 saturated heterocycles. The third kappa shape index (κ3) is 3.63. The second-order valence-electron chi connectivity index (χ2n) is 7.59. The highest BCUT2D eigenvalue weighted by molar-refractivity contribution is 7.10. The van der Waals surface area contributed by atoms with Crippen molar-refractivity contribution in [1.29, 1.82) is 0 Å². The third-order valence-corrected chi connectivity index (χ3v) is 6.73. The summed E-state index contributed by atoms with van der Waals surface area (Å²) in [6, 6.07) is 13.4. The number of benzene rings is 1. The maximum Gasteiger partial charge on any atom is 0.290 e. The van der Waals surface area contributed by atoms with Crippen molar-refractivity contribution in [3.63, 3.8) is 0 Å². The van der Waals surface area contributed by atoms with Gasteiger partial charge >= 0.3 is 0 Å². The summed E-state index contributed by atoms with van der Waals surface area (Å²) < 4.78 is 0. The summed E-state index contributed by atoms with van der Waals surface area (Å²) in [6.45, 7) is 0. The van der Waals surface area contributed by atoms with Crippen molar-refractivity contribution in [2.24, 2.45) is 0 Å². The Morgan fingerprint density at radius 1 is 1.07 bits per heavy atom. The molecule has 1 N–H and O–H groups in total. The topological polar surface area (TPSA) is 57.6 Å². The molecule has 1 aliphatic carbocycles. The van der Waals surface area contributed by atoms with Gasteiger partial charge in [-0.15, -0.1) is 11.3 Å². The predicted molar refractivity (Wildman–Crippen MR) is 110 cm³/mol. The fourth-order valence-electron chi connectivity index (χ4n) is 4.41. The van der Waals surface area contributed by atoms with E-state index in [0.717, 1.165) is 36.1 Å². The van der Waals surface area contributed by atoms with Crippen LogP contribution in [-0.4, -0.2) is 27.7 Å².